The lowest BCUT2D eigenvalue weighted by Crippen LogP contribution is -2.43. The van der Waals surface area contributed by atoms with Gasteiger partial charge in [-0.1, -0.05) is 0 Å². The number of carbonyl (C=O) groups excluding carboxylic acids is 1. The highest BCUT2D eigenvalue weighted by molar-refractivity contribution is 7.92. The van der Waals surface area contributed by atoms with Crippen molar-refractivity contribution < 1.29 is 17.6 Å². The van der Waals surface area contributed by atoms with E-state index in [9.17, 15) is 17.6 Å². The van der Waals surface area contributed by atoms with Crippen LogP contribution in [-0.2, 0) is 10.0 Å². The van der Waals surface area contributed by atoms with Crippen molar-refractivity contribution in [3.63, 3.8) is 0 Å². The third kappa shape index (κ3) is 5.05. The number of hydrazine groups is 1. The van der Waals surface area contributed by atoms with Crippen LogP contribution in [0.2, 0.25) is 0 Å². The first-order chi connectivity index (χ1) is 12.2. The number of rotatable bonds is 6. The summed E-state index contributed by atoms with van der Waals surface area (Å²) in [6.45, 7) is 0.477. The van der Waals surface area contributed by atoms with E-state index in [1.54, 1.807) is 7.05 Å². The Morgan fingerprint density at radius 1 is 1.35 bits per heavy atom. The van der Waals surface area contributed by atoms with Crippen LogP contribution in [0.15, 0.2) is 18.2 Å². The molecule has 144 valence electrons. The lowest BCUT2D eigenvalue weighted by atomic mass is 10.1. The van der Waals surface area contributed by atoms with Crippen LogP contribution in [0.25, 0.3) is 0 Å². The van der Waals surface area contributed by atoms with Crippen LogP contribution in [-0.4, -0.2) is 51.3 Å². The maximum Gasteiger partial charge on any atom is 0.321 e. The van der Waals surface area contributed by atoms with Crippen LogP contribution in [0.5, 0.6) is 0 Å². The van der Waals surface area contributed by atoms with E-state index in [4.69, 9.17) is 0 Å². The van der Waals surface area contributed by atoms with Crippen molar-refractivity contribution in [3.05, 3.63) is 24.0 Å². The van der Waals surface area contributed by atoms with Gasteiger partial charge >= 0.3 is 6.03 Å². The SMILES string of the molecule is CN(CC1CC(C2CC2)NN1)C(=O)Nc1cc(NS(C)(=O)=O)ccc1F. The van der Waals surface area contributed by atoms with Gasteiger partial charge in [-0.15, -0.1) is 0 Å². The number of likely N-dealkylation sites (N-methyl/N-ethyl adjacent to an activating group) is 1. The molecule has 1 aromatic carbocycles. The predicted molar refractivity (Wildman–Crippen MR) is 97.7 cm³/mol. The van der Waals surface area contributed by atoms with Gasteiger partial charge < -0.3 is 10.2 Å². The van der Waals surface area contributed by atoms with Gasteiger partial charge in [0.2, 0.25) is 10.0 Å². The van der Waals surface area contributed by atoms with Crippen LogP contribution in [0.4, 0.5) is 20.6 Å². The number of hydrogen-bond donors (Lipinski definition) is 4. The first-order valence-electron chi connectivity index (χ1n) is 8.52. The van der Waals surface area contributed by atoms with Gasteiger partial charge in [0.1, 0.15) is 5.82 Å². The van der Waals surface area contributed by atoms with Gasteiger partial charge in [-0.3, -0.25) is 15.6 Å². The molecule has 1 saturated heterocycles. The number of anilines is 2. The van der Waals surface area contributed by atoms with Crippen molar-refractivity contribution in [2.24, 2.45) is 5.92 Å². The molecule has 4 N–H and O–H groups in total. The van der Waals surface area contributed by atoms with Crippen molar-refractivity contribution in [1.29, 1.82) is 0 Å². The Morgan fingerprint density at radius 3 is 2.73 bits per heavy atom. The first-order valence-corrected chi connectivity index (χ1v) is 10.4. The minimum atomic E-state index is -3.49. The van der Waals surface area contributed by atoms with E-state index in [0.717, 1.165) is 24.7 Å². The Balaban J connectivity index is 1.57. The fourth-order valence-electron chi connectivity index (χ4n) is 3.10. The van der Waals surface area contributed by atoms with Gasteiger partial charge in [0.05, 0.1) is 17.6 Å². The molecule has 10 heteroatoms. The lowest BCUT2D eigenvalue weighted by Gasteiger charge is -2.22. The highest BCUT2D eigenvalue weighted by Crippen LogP contribution is 2.35. The summed E-state index contributed by atoms with van der Waals surface area (Å²) >= 11 is 0. The average molecular weight is 385 g/mol. The quantitative estimate of drug-likeness (QED) is 0.591. The highest BCUT2D eigenvalue weighted by atomic mass is 32.2. The molecule has 2 atom stereocenters. The molecule has 0 bridgehead atoms. The van der Waals surface area contributed by atoms with Gasteiger partial charge in [-0.25, -0.2) is 17.6 Å². The molecule has 0 spiro atoms. The maximum absolute atomic E-state index is 13.9. The van der Waals surface area contributed by atoms with Crippen LogP contribution in [0.1, 0.15) is 19.3 Å². The standard InChI is InChI=1S/C16H24FN5O3S/c1-22(9-12-8-14(20-19-12)10-3-4-10)16(23)18-15-7-11(5-6-13(15)17)21-26(2,24)25/h5-7,10,12,14,19-21H,3-4,8-9H2,1-2H3,(H,18,23). The molecule has 1 aliphatic heterocycles. The molecule has 26 heavy (non-hydrogen) atoms. The first kappa shape index (κ1) is 18.9. The number of nitrogens with zero attached hydrogens (tertiary/aromatic N) is 1. The largest absolute Gasteiger partial charge is 0.326 e. The van der Waals surface area contributed by atoms with Gasteiger partial charge in [-0.2, -0.15) is 0 Å². The number of sulfonamides is 1. The van der Waals surface area contributed by atoms with Crippen LogP contribution < -0.4 is 20.9 Å². The van der Waals surface area contributed by atoms with Crippen LogP contribution >= 0.6 is 0 Å². The van der Waals surface area contributed by atoms with E-state index in [1.165, 1.54) is 29.9 Å². The van der Waals surface area contributed by atoms with E-state index in [2.05, 4.69) is 20.9 Å². The highest BCUT2D eigenvalue weighted by Gasteiger charge is 2.36. The Kier molecular flexibility index (Phi) is 5.35. The lowest BCUT2D eigenvalue weighted by molar-refractivity contribution is 0.217. The van der Waals surface area contributed by atoms with Gasteiger partial charge in [0.25, 0.3) is 0 Å². The smallest absolute Gasteiger partial charge is 0.321 e. The summed E-state index contributed by atoms with van der Waals surface area (Å²) in [6, 6.07) is 3.78. The van der Waals surface area contributed by atoms with Crippen molar-refractivity contribution >= 4 is 27.4 Å². The second kappa shape index (κ2) is 7.37. The summed E-state index contributed by atoms with van der Waals surface area (Å²) in [4.78, 5) is 13.8. The molecule has 1 aromatic rings. The molecular formula is C16H24FN5O3S. The molecule has 8 nitrogen and oxygen atoms in total. The van der Waals surface area contributed by atoms with Crippen LogP contribution in [0, 0.1) is 11.7 Å². The minimum Gasteiger partial charge on any atom is -0.326 e. The molecular weight excluding hydrogens is 361 g/mol. The van der Waals surface area contributed by atoms with Gasteiger partial charge in [-0.05, 0) is 43.4 Å². The summed E-state index contributed by atoms with van der Waals surface area (Å²) < 4.78 is 38.8. The molecule has 2 fully saturated rings. The Labute approximate surface area is 152 Å². The maximum atomic E-state index is 13.9. The molecule has 1 heterocycles. The molecule has 3 rings (SSSR count). The van der Waals surface area contributed by atoms with Crippen molar-refractivity contribution in [2.75, 3.05) is 29.9 Å². The summed E-state index contributed by atoms with van der Waals surface area (Å²) in [7, 11) is -1.85. The minimum absolute atomic E-state index is 0.0798. The zero-order valence-corrected chi connectivity index (χ0v) is 15.6. The van der Waals surface area contributed by atoms with Crippen molar-refractivity contribution in [1.82, 2.24) is 15.8 Å². The second-order valence-corrected chi connectivity index (χ2v) is 8.79. The number of urea groups is 1. The average Bonchev–Trinajstić information content (AvgIpc) is 3.29. The molecule has 1 aliphatic carbocycles. The normalized spacial score (nSPS) is 22.9. The molecule has 0 aromatic heterocycles. The molecule has 2 aliphatic rings. The number of amides is 2. The summed E-state index contributed by atoms with van der Waals surface area (Å²) in [5.41, 5.74) is 6.57. The molecule has 2 amide bonds. The third-order valence-electron chi connectivity index (χ3n) is 4.55. The van der Waals surface area contributed by atoms with Crippen molar-refractivity contribution in [2.45, 2.75) is 31.3 Å². The monoisotopic (exact) mass is 385 g/mol. The topological polar surface area (TPSA) is 103 Å². The Hall–Kier alpha value is -1.91. The van der Waals surface area contributed by atoms with Crippen molar-refractivity contribution in [3.8, 4) is 0 Å². The van der Waals surface area contributed by atoms with Gasteiger partial charge in [0.15, 0.2) is 0 Å². The Morgan fingerprint density at radius 2 is 2.08 bits per heavy atom. The summed E-state index contributed by atoms with van der Waals surface area (Å²) in [6.07, 6.45) is 4.45. The number of benzene rings is 1. The predicted octanol–water partition coefficient (Wildman–Crippen LogP) is 1.31. The number of carbonyl (C=O) groups is 1. The fraction of sp³-hybridized carbons (Fsp3) is 0.562. The molecule has 2 unspecified atom stereocenters. The molecule has 1 saturated carbocycles. The van der Waals surface area contributed by atoms with Crippen LogP contribution in [0.3, 0.4) is 0 Å². The number of halogens is 1. The Bertz CT molecular complexity index is 784. The van der Waals surface area contributed by atoms with Gasteiger partial charge in [0, 0.05) is 25.7 Å². The molecule has 0 radical (unpaired) electrons. The zero-order chi connectivity index (χ0) is 18.9. The van der Waals surface area contributed by atoms with E-state index in [0.29, 0.717) is 12.6 Å². The number of hydrogen-bond acceptors (Lipinski definition) is 5. The zero-order valence-electron chi connectivity index (χ0n) is 14.8. The van der Waals surface area contributed by atoms with E-state index in [1.807, 2.05) is 0 Å². The second-order valence-electron chi connectivity index (χ2n) is 7.04. The summed E-state index contributed by atoms with van der Waals surface area (Å²) in [5.74, 6) is 0.0890. The van der Waals surface area contributed by atoms with E-state index < -0.39 is 21.9 Å². The fourth-order valence-corrected chi connectivity index (χ4v) is 3.66. The van der Waals surface area contributed by atoms with E-state index >= 15 is 0 Å². The summed E-state index contributed by atoms with van der Waals surface area (Å²) in [5, 5.41) is 2.49. The third-order valence-corrected chi connectivity index (χ3v) is 5.16. The number of nitrogens with one attached hydrogen (secondary N) is 4. The van der Waals surface area contributed by atoms with E-state index in [-0.39, 0.29) is 17.4 Å².